The number of aromatic nitrogens is 2. The monoisotopic (exact) mass is 413 g/mol. The van der Waals surface area contributed by atoms with Gasteiger partial charge in [0.15, 0.2) is 0 Å². The first kappa shape index (κ1) is 19.3. The molecule has 5 rings (SSSR count). The van der Waals surface area contributed by atoms with Gasteiger partial charge in [-0.1, -0.05) is 12.1 Å². The zero-order chi connectivity index (χ0) is 21.5. The molecule has 31 heavy (non-hydrogen) atoms. The van der Waals surface area contributed by atoms with Crippen molar-refractivity contribution in [1.29, 1.82) is 0 Å². The van der Waals surface area contributed by atoms with E-state index in [1.165, 1.54) is 15.7 Å². The van der Waals surface area contributed by atoms with E-state index in [4.69, 9.17) is 4.74 Å². The molecule has 2 amide bonds. The zero-order valence-electron chi connectivity index (χ0n) is 17.6. The molecule has 2 aromatic heterocycles. The number of pyridine rings is 1. The smallest absolute Gasteiger partial charge is 0.261 e. The predicted octanol–water partition coefficient (Wildman–Crippen LogP) is 4.58. The van der Waals surface area contributed by atoms with E-state index < -0.39 is 0 Å². The standard InChI is InChI=1S/C25H23N3O3/c1-16-23-19(11-12-26-16)18-10-9-17(31-2)15-22(18)27(23)13-5-6-14-28-24(29)20-7-3-4-8-21(20)25(28)30/h3-4,7-12,15H,5-6,13-14H2,1-2H3. The number of carbonyl (C=O) groups is 2. The lowest BCUT2D eigenvalue weighted by Gasteiger charge is -2.14. The summed E-state index contributed by atoms with van der Waals surface area (Å²) in [7, 11) is 1.67. The van der Waals surface area contributed by atoms with E-state index >= 15 is 0 Å². The maximum absolute atomic E-state index is 12.6. The molecule has 3 heterocycles. The summed E-state index contributed by atoms with van der Waals surface area (Å²) in [4.78, 5) is 31.0. The Balaban J connectivity index is 1.38. The molecule has 0 unspecified atom stereocenters. The first-order valence-corrected chi connectivity index (χ1v) is 10.5. The summed E-state index contributed by atoms with van der Waals surface area (Å²) < 4.78 is 7.72. The Kier molecular flexibility index (Phi) is 4.70. The van der Waals surface area contributed by atoms with Crippen LogP contribution in [0.1, 0.15) is 39.3 Å². The quantitative estimate of drug-likeness (QED) is 0.343. The lowest BCUT2D eigenvalue weighted by molar-refractivity contribution is 0.0651. The summed E-state index contributed by atoms with van der Waals surface area (Å²) in [5.41, 5.74) is 4.21. The Morgan fingerprint density at radius 3 is 2.32 bits per heavy atom. The van der Waals surface area contributed by atoms with Gasteiger partial charge in [-0.3, -0.25) is 19.5 Å². The van der Waals surface area contributed by atoms with Gasteiger partial charge in [0.2, 0.25) is 0 Å². The highest BCUT2D eigenvalue weighted by Crippen LogP contribution is 2.33. The molecule has 0 radical (unpaired) electrons. The van der Waals surface area contributed by atoms with Gasteiger partial charge in [-0.2, -0.15) is 0 Å². The van der Waals surface area contributed by atoms with Gasteiger partial charge in [0, 0.05) is 36.1 Å². The van der Waals surface area contributed by atoms with Crippen molar-refractivity contribution in [3.8, 4) is 5.75 Å². The van der Waals surface area contributed by atoms with E-state index in [2.05, 4.69) is 21.7 Å². The van der Waals surface area contributed by atoms with Gasteiger partial charge in [-0.25, -0.2) is 0 Å². The molecule has 4 aromatic rings. The Hall–Kier alpha value is -3.67. The summed E-state index contributed by atoms with van der Waals surface area (Å²) in [6.07, 6.45) is 3.40. The van der Waals surface area contributed by atoms with Crippen LogP contribution in [0.15, 0.2) is 54.7 Å². The van der Waals surface area contributed by atoms with Crippen molar-refractivity contribution in [2.45, 2.75) is 26.3 Å². The number of hydrogen-bond donors (Lipinski definition) is 0. The second-order valence-corrected chi connectivity index (χ2v) is 7.84. The van der Waals surface area contributed by atoms with Crippen molar-refractivity contribution in [3.05, 3.63) is 71.5 Å². The van der Waals surface area contributed by atoms with Crippen LogP contribution in [-0.2, 0) is 6.54 Å². The first-order chi connectivity index (χ1) is 15.1. The van der Waals surface area contributed by atoms with E-state index in [0.717, 1.165) is 41.9 Å². The molecule has 0 saturated carbocycles. The Bertz CT molecular complexity index is 1300. The van der Waals surface area contributed by atoms with Crippen molar-refractivity contribution in [1.82, 2.24) is 14.5 Å². The average molecular weight is 413 g/mol. The number of fused-ring (bicyclic) bond motifs is 4. The van der Waals surface area contributed by atoms with Gasteiger partial charge in [0.25, 0.3) is 11.8 Å². The Morgan fingerprint density at radius 1 is 0.903 bits per heavy atom. The number of hydrogen-bond acceptors (Lipinski definition) is 4. The molecular formula is C25H23N3O3. The summed E-state index contributed by atoms with van der Waals surface area (Å²) in [5.74, 6) is 0.428. The minimum absolute atomic E-state index is 0.192. The molecule has 6 nitrogen and oxygen atoms in total. The van der Waals surface area contributed by atoms with Gasteiger partial charge in [-0.15, -0.1) is 0 Å². The zero-order valence-corrected chi connectivity index (χ0v) is 17.6. The number of benzene rings is 2. The SMILES string of the molecule is COc1ccc2c3ccnc(C)c3n(CCCCN3C(=O)c4ccccc4C3=O)c2c1. The molecule has 2 aromatic carbocycles. The molecule has 0 N–H and O–H groups in total. The molecule has 0 aliphatic carbocycles. The van der Waals surface area contributed by atoms with E-state index in [1.807, 2.05) is 25.3 Å². The number of imide groups is 1. The second kappa shape index (κ2) is 7.54. The molecule has 0 saturated heterocycles. The summed E-state index contributed by atoms with van der Waals surface area (Å²) in [5, 5.41) is 2.34. The molecule has 1 aliphatic heterocycles. The van der Waals surface area contributed by atoms with Crippen LogP contribution >= 0.6 is 0 Å². The third-order valence-electron chi connectivity index (χ3n) is 6.05. The van der Waals surface area contributed by atoms with Crippen molar-refractivity contribution in [2.24, 2.45) is 0 Å². The van der Waals surface area contributed by atoms with Gasteiger partial charge in [-0.05, 0) is 50.1 Å². The van der Waals surface area contributed by atoms with Gasteiger partial charge >= 0.3 is 0 Å². The Labute approximate surface area is 180 Å². The number of nitrogens with zero attached hydrogens (tertiary/aromatic N) is 3. The number of carbonyl (C=O) groups excluding carboxylic acids is 2. The van der Waals surface area contributed by atoms with Gasteiger partial charge < -0.3 is 9.30 Å². The minimum atomic E-state index is -0.192. The fraction of sp³-hybridized carbons (Fsp3) is 0.240. The van der Waals surface area contributed by atoms with E-state index in [-0.39, 0.29) is 11.8 Å². The van der Waals surface area contributed by atoms with Crippen LogP contribution in [0, 0.1) is 6.92 Å². The third kappa shape index (κ3) is 3.06. The van der Waals surface area contributed by atoms with E-state index in [0.29, 0.717) is 17.7 Å². The van der Waals surface area contributed by atoms with Crippen molar-refractivity contribution in [3.63, 3.8) is 0 Å². The highest BCUT2D eigenvalue weighted by molar-refractivity contribution is 6.21. The summed E-state index contributed by atoms with van der Waals surface area (Å²) >= 11 is 0. The topological polar surface area (TPSA) is 64.4 Å². The Morgan fingerprint density at radius 2 is 1.61 bits per heavy atom. The molecule has 0 fully saturated rings. The lowest BCUT2D eigenvalue weighted by Crippen LogP contribution is -2.30. The van der Waals surface area contributed by atoms with Crippen LogP contribution in [0.4, 0.5) is 0 Å². The highest BCUT2D eigenvalue weighted by Gasteiger charge is 2.34. The fourth-order valence-corrected chi connectivity index (χ4v) is 4.54. The number of rotatable bonds is 6. The van der Waals surface area contributed by atoms with Gasteiger partial charge in [0.1, 0.15) is 5.75 Å². The molecule has 0 atom stereocenters. The number of ether oxygens (including phenoxy) is 1. The maximum Gasteiger partial charge on any atom is 0.261 e. The number of unbranched alkanes of at least 4 members (excludes halogenated alkanes) is 1. The van der Waals surface area contributed by atoms with Crippen LogP contribution in [0.25, 0.3) is 21.8 Å². The number of methoxy groups -OCH3 is 1. The van der Waals surface area contributed by atoms with Crippen LogP contribution in [0.2, 0.25) is 0 Å². The molecule has 1 aliphatic rings. The second-order valence-electron chi connectivity index (χ2n) is 7.84. The largest absolute Gasteiger partial charge is 0.497 e. The van der Waals surface area contributed by atoms with E-state index in [1.54, 1.807) is 31.4 Å². The fourth-order valence-electron chi connectivity index (χ4n) is 4.54. The van der Waals surface area contributed by atoms with Crippen LogP contribution < -0.4 is 4.74 Å². The summed E-state index contributed by atoms with van der Waals surface area (Å²) in [6, 6.07) is 15.2. The number of amides is 2. The first-order valence-electron chi connectivity index (χ1n) is 10.5. The van der Waals surface area contributed by atoms with Crippen molar-refractivity contribution in [2.75, 3.05) is 13.7 Å². The van der Waals surface area contributed by atoms with Crippen molar-refractivity contribution >= 4 is 33.6 Å². The average Bonchev–Trinajstić information content (AvgIpc) is 3.24. The van der Waals surface area contributed by atoms with Gasteiger partial charge in [0.05, 0.1) is 35.0 Å². The molecule has 6 heteroatoms. The number of aryl methyl sites for hydroxylation is 2. The van der Waals surface area contributed by atoms with Crippen LogP contribution in [0.5, 0.6) is 5.75 Å². The van der Waals surface area contributed by atoms with E-state index in [9.17, 15) is 9.59 Å². The maximum atomic E-state index is 12.6. The molecule has 0 spiro atoms. The van der Waals surface area contributed by atoms with Crippen LogP contribution in [0.3, 0.4) is 0 Å². The molecule has 0 bridgehead atoms. The highest BCUT2D eigenvalue weighted by atomic mass is 16.5. The van der Waals surface area contributed by atoms with Crippen LogP contribution in [-0.4, -0.2) is 39.9 Å². The van der Waals surface area contributed by atoms with Crippen molar-refractivity contribution < 1.29 is 14.3 Å². The predicted molar refractivity (Wildman–Crippen MR) is 120 cm³/mol. The summed E-state index contributed by atoms with van der Waals surface area (Å²) in [6.45, 7) is 3.21. The normalized spacial score (nSPS) is 13.4. The molecule has 156 valence electrons. The third-order valence-corrected chi connectivity index (χ3v) is 6.05. The lowest BCUT2D eigenvalue weighted by atomic mass is 10.1. The minimum Gasteiger partial charge on any atom is -0.497 e. The molecular weight excluding hydrogens is 390 g/mol.